The van der Waals surface area contributed by atoms with Gasteiger partial charge in [-0.2, -0.15) is 0 Å². The number of benzene rings is 1. The summed E-state index contributed by atoms with van der Waals surface area (Å²) in [5.41, 5.74) is 1.82. The first kappa shape index (κ1) is 17.4. The number of hydrogen-bond acceptors (Lipinski definition) is 3. The van der Waals surface area contributed by atoms with Crippen molar-refractivity contribution in [3.8, 4) is 0 Å². The van der Waals surface area contributed by atoms with Gasteiger partial charge < -0.3 is 10.2 Å². The van der Waals surface area contributed by atoms with Gasteiger partial charge in [-0.1, -0.05) is 36.4 Å². The molecule has 0 radical (unpaired) electrons. The molecule has 1 heterocycles. The second-order valence-electron chi connectivity index (χ2n) is 6.45. The van der Waals surface area contributed by atoms with Gasteiger partial charge in [0.15, 0.2) is 0 Å². The fraction of sp³-hybridized carbons (Fsp3) is 0.474. The molecule has 1 N–H and O–H groups in total. The van der Waals surface area contributed by atoms with Crippen LogP contribution in [0.3, 0.4) is 0 Å². The van der Waals surface area contributed by atoms with Gasteiger partial charge in [0.2, 0.25) is 0 Å². The van der Waals surface area contributed by atoms with Gasteiger partial charge in [-0.05, 0) is 39.7 Å². The van der Waals surface area contributed by atoms with Crippen molar-refractivity contribution in [1.82, 2.24) is 10.2 Å². The average Bonchev–Trinajstić information content (AvgIpc) is 2.53. The Kier molecular flexibility index (Phi) is 6.11. The van der Waals surface area contributed by atoms with Crippen LogP contribution >= 0.6 is 0 Å². The highest BCUT2D eigenvalue weighted by Crippen LogP contribution is 2.13. The van der Waals surface area contributed by atoms with Crippen LogP contribution in [0.2, 0.25) is 0 Å². The van der Waals surface area contributed by atoms with E-state index in [0.717, 1.165) is 13.0 Å². The van der Waals surface area contributed by atoms with E-state index in [1.807, 2.05) is 56.9 Å². The highest BCUT2D eigenvalue weighted by molar-refractivity contribution is 6.41. The smallest absolute Gasteiger partial charge is 0.270 e. The SMILES string of the molecule is CC(C)N(C(=O)C1=NC=CCC1NCc1ccccc1)C(C)C. The summed E-state index contributed by atoms with van der Waals surface area (Å²) in [5.74, 6) is 0.0323. The molecule has 1 aliphatic heterocycles. The number of nitrogens with zero attached hydrogens (tertiary/aromatic N) is 2. The normalized spacial score (nSPS) is 17.5. The van der Waals surface area contributed by atoms with E-state index < -0.39 is 0 Å². The predicted octanol–water partition coefficient (Wildman–Crippen LogP) is 3.15. The molecule has 0 saturated carbocycles. The minimum absolute atomic E-state index is 0.0323. The zero-order valence-corrected chi connectivity index (χ0v) is 14.5. The lowest BCUT2D eigenvalue weighted by Crippen LogP contribution is -2.51. The number of carbonyl (C=O) groups excluding carboxylic acids is 1. The molecule has 1 aromatic carbocycles. The number of carbonyl (C=O) groups is 1. The number of rotatable bonds is 6. The summed E-state index contributed by atoms with van der Waals surface area (Å²) in [6, 6.07) is 10.5. The van der Waals surface area contributed by atoms with Crippen LogP contribution in [-0.4, -0.2) is 34.6 Å². The van der Waals surface area contributed by atoms with Gasteiger partial charge >= 0.3 is 0 Å². The molecule has 1 aliphatic rings. The Labute approximate surface area is 139 Å². The van der Waals surface area contributed by atoms with Crippen molar-refractivity contribution < 1.29 is 4.79 Å². The van der Waals surface area contributed by atoms with Gasteiger partial charge in [-0.15, -0.1) is 0 Å². The molecule has 23 heavy (non-hydrogen) atoms. The van der Waals surface area contributed by atoms with Gasteiger partial charge in [0, 0.05) is 24.8 Å². The number of amides is 1. The molecule has 0 spiro atoms. The molecule has 0 aromatic heterocycles. The second kappa shape index (κ2) is 8.06. The van der Waals surface area contributed by atoms with E-state index in [9.17, 15) is 4.79 Å². The minimum atomic E-state index is -0.0345. The summed E-state index contributed by atoms with van der Waals surface area (Å²) in [6.07, 6.45) is 4.54. The third-order valence-electron chi connectivity index (χ3n) is 3.98. The minimum Gasteiger partial charge on any atom is -0.333 e. The molecule has 0 saturated heterocycles. The van der Waals surface area contributed by atoms with E-state index in [-0.39, 0.29) is 24.0 Å². The monoisotopic (exact) mass is 313 g/mol. The van der Waals surface area contributed by atoms with E-state index >= 15 is 0 Å². The van der Waals surface area contributed by atoms with Crippen molar-refractivity contribution in [3.05, 3.63) is 48.2 Å². The standard InChI is InChI=1S/C19H27N3O/c1-14(2)22(15(3)4)19(23)18-17(11-8-12-20-18)21-13-16-9-6-5-7-10-16/h5-10,12,14-15,17,21H,11,13H2,1-4H3. The highest BCUT2D eigenvalue weighted by atomic mass is 16.2. The molecule has 0 fully saturated rings. The van der Waals surface area contributed by atoms with Crippen molar-refractivity contribution >= 4 is 11.6 Å². The lowest BCUT2D eigenvalue weighted by Gasteiger charge is -2.33. The molecule has 0 bridgehead atoms. The Balaban J connectivity index is 2.10. The van der Waals surface area contributed by atoms with Gasteiger partial charge in [-0.25, -0.2) is 0 Å². The second-order valence-corrected chi connectivity index (χ2v) is 6.45. The van der Waals surface area contributed by atoms with Crippen molar-refractivity contribution in [3.63, 3.8) is 0 Å². The molecule has 4 heteroatoms. The van der Waals surface area contributed by atoms with E-state index in [2.05, 4.69) is 22.4 Å². The van der Waals surface area contributed by atoms with Crippen LogP contribution in [0, 0.1) is 0 Å². The first-order chi connectivity index (χ1) is 11.0. The van der Waals surface area contributed by atoms with Crippen LogP contribution in [0.15, 0.2) is 47.6 Å². The van der Waals surface area contributed by atoms with Crippen LogP contribution in [0.25, 0.3) is 0 Å². The van der Waals surface area contributed by atoms with Crippen LogP contribution in [0.5, 0.6) is 0 Å². The summed E-state index contributed by atoms with van der Waals surface area (Å²) in [7, 11) is 0. The summed E-state index contributed by atoms with van der Waals surface area (Å²) in [4.78, 5) is 19.2. The first-order valence-electron chi connectivity index (χ1n) is 8.33. The van der Waals surface area contributed by atoms with Crippen molar-refractivity contribution in [2.45, 2.75) is 58.8 Å². The third kappa shape index (κ3) is 4.52. The Bertz CT molecular complexity index is 568. The summed E-state index contributed by atoms with van der Waals surface area (Å²) in [6.45, 7) is 8.91. The van der Waals surface area contributed by atoms with E-state index in [0.29, 0.717) is 5.71 Å². The Morgan fingerprint density at radius 3 is 2.48 bits per heavy atom. The first-order valence-corrected chi connectivity index (χ1v) is 8.33. The molecule has 0 aliphatic carbocycles. The van der Waals surface area contributed by atoms with E-state index in [4.69, 9.17) is 0 Å². The quantitative estimate of drug-likeness (QED) is 0.877. The summed E-state index contributed by atoms with van der Waals surface area (Å²) >= 11 is 0. The van der Waals surface area contributed by atoms with Crippen LogP contribution in [0.1, 0.15) is 39.7 Å². The van der Waals surface area contributed by atoms with Gasteiger partial charge in [-0.3, -0.25) is 9.79 Å². The number of hydrogen-bond donors (Lipinski definition) is 1. The lowest BCUT2D eigenvalue weighted by molar-refractivity contribution is -0.127. The average molecular weight is 313 g/mol. The molecular weight excluding hydrogens is 286 g/mol. The predicted molar refractivity (Wildman–Crippen MR) is 95.4 cm³/mol. The topological polar surface area (TPSA) is 44.7 Å². The molecule has 4 nitrogen and oxygen atoms in total. The van der Waals surface area contributed by atoms with Crippen LogP contribution in [0.4, 0.5) is 0 Å². The number of aliphatic imine (C=N–C) groups is 1. The Hall–Kier alpha value is -1.94. The Morgan fingerprint density at radius 1 is 1.22 bits per heavy atom. The maximum absolute atomic E-state index is 12.9. The molecule has 124 valence electrons. The molecule has 2 rings (SSSR count). The zero-order chi connectivity index (χ0) is 16.8. The molecule has 1 amide bonds. The molecular formula is C19H27N3O. The van der Waals surface area contributed by atoms with Gasteiger partial charge in [0.1, 0.15) is 5.71 Å². The maximum Gasteiger partial charge on any atom is 0.270 e. The van der Waals surface area contributed by atoms with Crippen molar-refractivity contribution in [2.75, 3.05) is 0 Å². The summed E-state index contributed by atoms with van der Waals surface area (Å²) in [5, 5.41) is 3.47. The van der Waals surface area contributed by atoms with E-state index in [1.165, 1.54) is 5.56 Å². The maximum atomic E-state index is 12.9. The van der Waals surface area contributed by atoms with Gasteiger partial charge in [0.25, 0.3) is 5.91 Å². The van der Waals surface area contributed by atoms with Crippen molar-refractivity contribution in [2.24, 2.45) is 4.99 Å². The zero-order valence-electron chi connectivity index (χ0n) is 14.5. The molecule has 1 aromatic rings. The fourth-order valence-electron chi connectivity index (χ4n) is 2.95. The highest BCUT2D eigenvalue weighted by Gasteiger charge is 2.30. The van der Waals surface area contributed by atoms with Crippen molar-refractivity contribution in [1.29, 1.82) is 0 Å². The van der Waals surface area contributed by atoms with Gasteiger partial charge in [0.05, 0.1) is 6.04 Å². The summed E-state index contributed by atoms with van der Waals surface area (Å²) < 4.78 is 0. The largest absolute Gasteiger partial charge is 0.333 e. The van der Waals surface area contributed by atoms with Crippen LogP contribution < -0.4 is 5.32 Å². The molecule has 1 atom stereocenters. The fourth-order valence-corrected chi connectivity index (χ4v) is 2.95. The van der Waals surface area contributed by atoms with Crippen LogP contribution in [-0.2, 0) is 11.3 Å². The third-order valence-corrected chi connectivity index (χ3v) is 3.98. The lowest BCUT2D eigenvalue weighted by atomic mass is 10.0. The Morgan fingerprint density at radius 2 is 1.87 bits per heavy atom. The van der Waals surface area contributed by atoms with E-state index in [1.54, 1.807) is 6.20 Å². The molecule has 1 unspecified atom stereocenters. The number of nitrogens with one attached hydrogen (secondary N) is 1.